The maximum Gasteiger partial charge on any atom is 0.248 e. The van der Waals surface area contributed by atoms with Crippen LogP contribution in [0.3, 0.4) is 0 Å². The average molecular weight is 616 g/mol. The quantitative estimate of drug-likeness (QED) is 0.234. The Kier molecular flexibility index (Phi) is 9.22. The molecule has 0 unspecified atom stereocenters. The van der Waals surface area contributed by atoms with Crippen molar-refractivity contribution >= 4 is 36.4 Å². The Balaban J connectivity index is 0.000000235. The lowest BCUT2D eigenvalue weighted by atomic mass is 9.93. The highest BCUT2D eigenvalue weighted by molar-refractivity contribution is 6.62. The van der Waals surface area contributed by atoms with Crippen molar-refractivity contribution in [1.82, 2.24) is 29.3 Å². The summed E-state index contributed by atoms with van der Waals surface area (Å²) >= 11 is 0. The Hall–Kier alpha value is -5.85. The van der Waals surface area contributed by atoms with E-state index >= 15 is 0 Å². The van der Waals surface area contributed by atoms with Gasteiger partial charge in [-0.3, -0.25) is 9.36 Å². The summed E-state index contributed by atoms with van der Waals surface area (Å²) in [6.07, 6.45) is 6.53. The maximum atomic E-state index is 13.5. The monoisotopic (exact) mass is 616 g/mol. The van der Waals surface area contributed by atoms with Gasteiger partial charge in [-0.05, 0) is 85.0 Å². The molecular formula is C33H30BFN8O3. The minimum absolute atomic E-state index is 0.115. The van der Waals surface area contributed by atoms with Crippen LogP contribution in [0.25, 0.3) is 34.1 Å². The number of phenolic OH excluding ortho intramolecular Hbond substituents is 1. The molecule has 0 spiro atoms. The van der Waals surface area contributed by atoms with Crippen molar-refractivity contribution in [3.05, 3.63) is 107 Å². The van der Waals surface area contributed by atoms with Crippen molar-refractivity contribution < 1.29 is 19.1 Å². The van der Waals surface area contributed by atoms with Crippen LogP contribution in [0.1, 0.15) is 52.1 Å². The topological polar surface area (TPSA) is 168 Å². The molecule has 0 bridgehead atoms. The normalized spacial score (nSPS) is 11.6. The fourth-order valence-corrected chi connectivity index (χ4v) is 5.12. The van der Waals surface area contributed by atoms with Gasteiger partial charge >= 0.3 is 0 Å². The van der Waals surface area contributed by atoms with Crippen LogP contribution < -0.4 is 11.5 Å². The second kappa shape index (κ2) is 13.4. The Morgan fingerprint density at radius 2 is 1.76 bits per heavy atom. The Morgan fingerprint density at radius 1 is 0.978 bits per heavy atom. The van der Waals surface area contributed by atoms with E-state index in [4.69, 9.17) is 34.4 Å². The summed E-state index contributed by atoms with van der Waals surface area (Å²) in [6, 6.07) is 18.8. The van der Waals surface area contributed by atoms with Gasteiger partial charge in [-0.2, -0.15) is 4.39 Å². The molecule has 0 saturated heterocycles. The third-order valence-corrected chi connectivity index (χ3v) is 7.25. The number of aromatic nitrogens is 6. The van der Waals surface area contributed by atoms with Gasteiger partial charge in [-0.25, -0.2) is 19.6 Å². The van der Waals surface area contributed by atoms with Gasteiger partial charge in [0.2, 0.25) is 11.9 Å². The summed E-state index contributed by atoms with van der Waals surface area (Å²) < 4.78 is 16.9. The van der Waals surface area contributed by atoms with Gasteiger partial charge in [0.15, 0.2) is 25.1 Å². The van der Waals surface area contributed by atoms with Crippen molar-refractivity contribution in [3.63, 3.8) is 0 Å². The fraction of sp³-hybridized carbons (Fsp3) is 0.152. The second-order valence-electron chi connectivity index (χ2n) is 10.1. The number of nitrogens with zero attached hydrogens (tertiary/aromatic N) is 6. The standard InChI is InChI=1S/C23H18FN7.C8H6BNO3.C2H6/c24-19-10-12-30(29-19)20-9-8-18-23(28-20)31(16-7-6-14-3-1-4-15(14)13-16)22(27-18)17-5-2-11-26-21(17)25;9-7(12)5-3-4(8(10)13)1-2-6(5)11;1-2/h2,5-13H,1,3-4H2,(H2,25,26);1-3,11H,(H2,10,13);1-2H3. The molecule has 13 heteroatoms. The van der Waals surface area contributed by atoms with Crippen LogP contribution in [-0.2, 0) is 12.8 Å². The second-order valence-corrected chi connectivity index (χ2v) is 10.1. The number of anilines is 1. The maximum absolute atomic E-state index is 13.5. The van der Waals surface area contributed by atoms with E-state index in [1.165, 1.54) is 40.4 Å². The third kappa shape index (κ3) is 6.34. The van der Waals surface area contributed by atoms with Crippen molar-refractivity contribution in [2.45, 2.75) is 33.1 Å². The van der Waals surface area contributed by atoms with Crippen molar-refractivity contribution in [1.29, 1.82) is 0 Å². The number of benzene rings is 2. The van der Waals surface area contributed by atoms with Crippen LogP contribution in [0.5, 0.6) is 5.75 Å². The summed E-state index contributed by atoms with van der Waals surface area (Å²) in [6.45, 7) is 4.00. The van der Waals surface area contributed by atoms with Crippen molar-refractivity contribution in [2.75, 3.05) is 5.73 Å². The highest BCUT2D eigenvalue weighted by Gasteiger charge is 2.20. The van der Waals surface area contributed by atoms with E-state index in [0.29, 0.717) is 28.6 Å². The number of carbonyl (C=O) groups excluding carboxylic acids is 2. The first-order valence-electron chi connectivity index (χ1n) is 14.6. The molecule has 0 atom stereocenters. The molecule has 0 aliphatic heterocycles. The predicted octanol–water partition coefficient (Wildman–Crippen LogP) is 4.70. The number of halogens is 1. The van der Waals surface area contributed by atoms with Crippen molar-refractivity contribution in [3.8, 4) is 28.6 Å². The zero-order valence-corrected chi connectivity index (χ0v) is 25.2. The first-order valence-corrected chi connectivity index (χ1v) is 14.6. The van der Waals surface area contributed by atoms with E-state index in [9.17, 15) is 14.0 Å². The molecule has 7 rings (SSSR count). The van der Waals surface area contributed by atoms with Crippen molar-refractivity contribution in [2.24, 2.45) is 5.73 Å². The first-order chi connectivity index (χ1) is 22.2. The zero-order chi connectivity index (χ0) is 33.0. The first kappa shape index (κ1) is 31.6. The molecule has 0 saturated carbocycles. The molecule has 6 aromatic rings. The molecule has 1 aliphatic carbocycles. The number of hydrogen-bond acceptors (Lipinski definition) is 8. The molecule has 4 aromatic heterocycles. The average Bonchev–Trinajstić information content (AvgIpc) is 3.80. The minimum atomic E-state index is -0.805. The van der Waals surface area contributed by atoms with E-state index in [1.54, 1.807) is 18.5 Å². The number of amides is 1. The molecular weight excluding hydrogens is 586 g/mol. The van der Waals surface area contributed by atoms with Gasteiger partial charge in [0.25, 0.3) is 0 Å². The lowest BCUT2D eigenvalue weighted by Crippen LogP contribution is -2.12. The summed E-state index contributed by atoms with van der Waals surface area (Å²) in [5.74, 6) is 0.0618. The molecule has 2 radical (unpaired) electrons. The smallest absolute Gasteiger partial charge is 0.248 e. The van der Waals surface area contributed by atoms with E-state index in [-0.39, 0.29) is 16.9 Å². The number of rotatable bonds is 5. The number of aryl methyl sites for hydroxylation is 2. The highest BCUT2D eigenvalue weighted by atomic mass is 19.1. The lowest BCUT2D eigenvalue weighted by molar-refractivity contribution is 0.1000. The number of imidazole rings is 1. The van der Waals surface area contributed by atoms with E-state index in [0.717, 1.165) is 30.2 Å². The summed E-state index contributed by atoms with van der Waals surface area (Å²) in [7, 11) is 4.93. The number of primary amides is 1. The molecule has 1 aliphatic rings. The largest absolute Gasteiger partial charge is 0.507 e. The predicted molar refractivity (Wildman–Crippen MR) is 174 cm³/mol. The zero-order valence-electron chi connectivity index (χ0n) is 25.2. The van der Waals surface area contributed by atoms with E-state index < -0.39 is 17.5 Å². The van der Waals surface area contributed by atoms with Gasteiger partial charge in [0.05, 0.1) is 5.56 Å². The number of aromatic hydroxyl groups is 1. The molecule has 1 amide bonds. The Labute approximate surface area is 265 Å². The van der Waals surface area contributed by atoms with Crippen LogP contribution >= 0.6 is 0 Å². The number of carbonyl (C=O) groups is 2. The van der Waals surface area contributed by atoms with Gasteiger partial charge < -0.3 is 21.4 Å². The van der Waals surface area contributed by atoms with Crippen LogP contribution in [-0.4, -0.2) is 53.8 Å². The Morgan fingerprint density at radius 3 is 2.46 bits per heavy atom. The number of hydrogen-bond donors (Lipinski definition) is 3. The molecule has 11 nitrogen and oxygen atoms in total. The number of nitrogen functional groups attached to an aromatic ring is 1. The molecule has 0 fully saturated rings. The number of fused-ring (bicyclic) bond motifs is 2. The summed E-state index contributed by atoms with van der Waals surface area (Å²) in [5.41, 5.74) is 16.1. The summed E-state index contributed by atoms with van der Waals surface area (Å²) in [5, 5.41) is 13.0. The summed E-state index contributed by atoms with van der Waals surface area (Å²) in [4.78, 5) is 35.2. The van der Waals surface area contributed by atoms with Gasteiger partial charge in [-0.1, -0.05) is 19.9 Å². The number of pyridine rings is 2. The molecule has 2 aromatic carbocycles. The van der Waals surface area contributed by atoms with Gasteiger partial charge in [-0.15, -0.1) is 5.10 Å². The van der Waals surface area contributed by atoms with Crippen LogP contribution in [0.4, 0.5) is 10.2 Å². The number of nitrogens with two attached hydrogens (primary N) is 2. The van der Waals surface area contributed by atoms with Gasteiger partial charge in [0.1, 0.15) is 22.8 Å². The van der Waals surface area contributed by atoms with Crippen LogP contribution in [0.15, 0.2) is 79.1 Å². The highest BCUT2D eigenvalue weighted by Crippen LogP contribution is 2.33. The fourth-order valence-electron chi connectivity index (χ4n) is 5.12. The molecule has 5 N–H and O–H groups in total. The van der Waals surface area contributed by atoms with Gasteiger partial charge in [0, 0.05) is 35.3 Å². The third-order valence-electron chi connectivity index (χ3n) is 7.25. The molecule has 4 heterocycles. The number of phenols is 1. The van der Waals surface area contributed by atoms with E-state index in [1.807, 2.05) is 36.6 Å². The SMILES string of the molecule is CC.Nc1ncccc1-c1nc2ccc(-n3ccc(F)n3)nc2n1-c1ccc2c(c1)CCC2.[B]C(=O)c1cc(C(N)=O)ccc1O. The molecule has 230 valence electrons. The lowest BCUT2D eigenvalue weighted by Gasteiger charge is -2.12. The Bertz CT molecular complexity index is 2070. The molecule has 46 heavy (non-hydrogen) atoms. The minimum Gasteiger partial charge on any atom is -0.507 e. The van der Waals surface area contributed by atoms with E-state index in [2.05, 4.69) is 28.3 Å². The van der Waals surface area contributed by atoms with Crippen LogP contribution in [0, 0.1) is 5.95 Å². The van der Waals surface area contributed by atoms with Crippen LogP contribution in [0.2, 0.25) is 0 Å².